The maximum Gasteiger partial charge on any atom is 0.0962 e. The number of hydrogen-bond acceptors (Lipinski definition) is 2. The second-order valence-corrected chi connectivity index (χ2v) is 8.37. The normalized spacial score (nSPS) is 24.5. The van der Waals surface area contributed by atoms with Crippen LogP contribution in [0.15, 0.2) is 24.3 Å². The molecule has 1 aromatic rings. The number of hydrogen-bond donors (Lipinski definition) is 1. The Bertz CT molecular complexity index is 505. The van der Waals surface area contributed by atoms with E-state index in [1.807, 2.05) is 24.3 Å². The van der Waals surface area contributed by atoms with Gasteiger partial charge in [0.1, 0.15) is 0 Å². The van der Waals surface area contributed by atoms with Crippen LogP contribution in [-0.4, -0.2) is 29.6 Å². The number of nitrogens with zero attached hydrogens (tertiary/aromatic N) is 1. The smallest absolute Gasteiger partial charge is 0.0962 e. The van der Waals surface area contributed by atoms with E-state index in [4.69, 9.17) is 11.6 Å². The van der Waals surface area contributed by atoms with Crippen LogP contribution in [0.5, 0.6) is 0 Å². The molecule has 134 valence electrons. The molecule has 0 amide bonds. The van der Waals surface area contributed by atoms with E-state index in [-0.39, 0.29) is 5.92 Å². The molecular formula is C21H32ClNO. The van der Waals surface area contributed by atoms with Gasteiger partial charge in [0.25, 0.3) is 0 Å². The van der Waals surface area contributed by atoms with Gasteiger partial charge >= 0.3 is 0 Å². The van der Waals surface area contributed by atoms with Gasteiger partial charge in [-0.3, -0.25) is 0 Å². The van der Waals surface area contributed by atoms with Crippen LogP contribution in [0.3, 0.4) is 0 Å². The van der Waals surface area contributed by atoms with Gasteiger partial charge in [-0.05, 0) is 62.4 Å². The molecule has 24 heavy (non-hydrogen) atoms. The third-order valence-electron chi connectivity index (χ3n) is 6.27. The topological polar surface area (TPSA) is 23.5 Å². The lowest BCUT2D eigenvalue weighted by Gasteiger charge is -2.45. The van der Waals surface area contributed by atoms with Crippen LogP contribution in [0.1, 0.15) is 63.9 Å². The molecule has 0 unspecified atom stereocenters. The fraction of sp³-hybridized carbons (Fsp3) is 0.714. The minimum Gasteiger partial charge on any atom is -0.385 e. The molecule has 1 N–H and O–H groups in total. The second-order valence-electron chi connectivity index (χ2n) is 7.93. The fourth-order valence-electron chi connectivity index (χ4n) is 4.85. The van der Waals surface area contributed by atoms with E-state index in [0.29, 0.717) is 5.92 Å². The van der Waals surface area contributed by atoms with Crippen molar-refractivity contribution in [3.8, 4) is 0 Å². The first-order valence-electron chi connectivity index (χ1n) is 9.81. The molecule has 2 atom stereocenters. The summed E-state index contributed by atoms with van der Waals surface area (Å²) in [6.45, 7) is 5.62. The summed E-state index contributed by atoms with van der Waals surface area (Å²) in [7, 11) is 0. The predicted octanol–water partition coefficient (Wildman–Crippen LogP) is 5.23. The van der Waals surface area contributed by atoms with Crippen molar-refractivity contribution in [1.29, 1.82) is 0 Å². The minimum absolute atomic E-state index is 0.236. The molecule has 1 heterocycles. The van der Waals surface area contributed by atoms with Crippen molar-refractivity contribution in [3.05, 3.63) is 34.9 Å². The van der Waals surface area contributed by atoms with Gasteiger partial charge in [0, 0.05) is 17.5 Å². The molecular weight excluding hydrogens is 318 g/mol. The Morgan fingerprint density at radius 2 is 1.62 bits per heavy atom. The summed E-state index contributed by atoms with van der Waals surface area (Å²) in [5.74, 6) is 0.604. The summed E-state index contributed by atoms with van der Waals surface area (Å²) in [5, 5.41) is 12.7. The predicted molar refractivity (Wildman–Crippen MR) is 101 cm³/mol. The Labute approximate surface area is 152 Å². The molecule has 0 spiro atoms. The molecule has 1 aromatic carbocycles. The van der Waals surface area contributed by atoms with Crippen LogP contribution >= 0.6 is 11.6 Å². The highest BCUT2D eigenvalue weighted by Gasteiger charge is 2.43. The summed E-state index contributed by atoms with van der Waals surface area (Å²) < 4.78 is 0. The van der Waals surface area contributed by atoms with Crippen molar-refractivity contribution in [3.63, 3.8) is 0 Å². The van der Waals surface area contributed by atoms with Gasteiger partial charge in [-0.1, -0.05) is 56.3 Å². The van der Waals surface area contributed by atoms with Crippen LogP contribution < -0.4 is 0 Å². The van der Waals surface area contributed by atoms with Crippen LogP contribution in [-0.2, 0) is 5.60 Å². The molecule has 0 radical (unpaired) electrons. The van der Waals surface area contributed by atoms with Gasteiger partial charge < -0.3 is 10.0 Å². The fourth-order valence-corrected chi connectivity index (χ4v) is 4.98. The summed E-state index contributed by atoms with van der Waals surface area (Å²) >= 11 is 6.09. The van der Waals surface area contributed by atoms with E-state index in [0.717, 1.165) is 30.0 Å². The second kappa shape index (κ2) is 8.21. The molecule has 1 aliphatic heterocycles. The molecule has 0 aromatic heterocycles. The highest BCUT2D eigenvalue weighted by atomic mass is 35.5. The van der Waals surface area contributed by atoms with E-state index in [1.165, 1.54) is 51.6 Å². The lowest BCUT2D eigenvalue weighted by Crippen LogP contribution is -2.47. The van der Waals surface area contributed by atoms with Crippen LogP contribution in [0, 0.1) is 11.8 Å². The number of benzene rings is 1. The zero-order valence-electron chi connectivity index (χ0n) is 15.0. The van der Waals surface area contributed by atoms with Gasteiger partial charge in [0.05, 0.1) is 5.60 Å². The summed E-state index contributed by atoms with van der Waals surface area (Å²) in [4.78, 5) is 2.55. The molecule has 3 heteroatoms. The number of halogens is 1. The number of likely N-dealkylation sites (tertiary alicyclic amines) is 1. The number of rotatable bonds is 5. The Morgan fingerprint density at radius 1 is 1.04 bits per heavy atom. The van der Waals surface area contributed by atoms with E-state index in [2.05, 4.69) is 11.8 Å². The first-order chi connectivity index (χ1) is 11.6. The highest BCUT2D eigenvalue weighted by Crippen LogP contribution is 2.44. The zero-order valence-corrected chi connectivity index (χ0v) is 15.8. The number of piperidine rings is 1. The molecule has 2 aliphatic rings. The van der Waals surface area contributed by atoms with Gasteiger partial charge in [-0.2, -0.15) is 0 Å². The Balaban J connectivity index is 1.83. The van der Waals surface area contributed by atoms with E-state index >= 15 is 0 Å². The lowest BCUT2D eigenvalue weighted by atomic mass is 9.67. The average molecular weight is 350 g/mol. The minimum atomic E-state index is -0.734. The summed E-state index contributed by atoms with van der Waals surface area (Å²) in [6.07, 6.45) is 10.1. The zero-order chi connectivity index (χ0) is 17.0. The Morgan fingerprint density at radius 3 is 2.25 bits per heavy atom. The van der Waals surface area contributed by atoms with Crippen molar-refractivity contribution in [2.75, 3.05) is 19.6 Å². The Kier molecular flexibility index (Phi) is 6.23. The molecule has 2 fully saturated rings. The largest absolute Gasteiger partial charge is 0.385 e. The number of aliphatic hydroxyl groups is 1. The standard InChI is InChI=1S/C21H32ClNO/c1-17(16-23-14-6-3-7-15-23)21(24,18-8-4-2-5-9-18)19-10-12-20(22)13-11-19/h10-13,17-18,24H,2-9,14-16H2,1H3/t17-,21-/m1/s1. The molecule has 0 bridgehead atoms. The monoisotopic (exact) mass is 349 g/mol. The average Bonchev–Trinajstić information content (AvgIpc) is 2.63. The van der Waals surface area contributed by atoms with Crippen molar-refractivity contribution >= 4 is 11.6 Å². The lowest BCUT2D eigenvalue weighted by molar-refractivity contribution is -0.0917. The molecule has 1 aliphatic carbocycles. The quantitative estimate of drug-likeness (QED) is 0.786. The van der Waals surface area contributed by atoms with Gasteiger partial charge in [-0.15, -0.1) is 0 Å². The summed E-state index contributed by atoms with van der Waals surface area (Å²) in [5.41, 5.74) is 0.325. The molecule has 1 saturated heterocycles. The van der Waals surface area contributed by atoms with Crippen molar-refractivity contribution < 1.29 is 5.11 Å². The molecule has 1 saturated carbocycles. The van der Waals surface area contributed by atoms with Gasteiger partial charge in [0.2, 0.25) is 0 Å². The third kappa shape index (κ3) is 3.98. The van der Waals surface area contributed by atoms with Crippen LogP contribution in [0.4, 0.5) is 0 Å². The van der Waals surface area contributed by atoms with Crippen molar-refractivity contribution in [2.24, 2.45) is 11.8 Å². The van der Waals surface area contributed by atoms with E-state index < -0.39 is 5.60 Å². The van der Waals surface area contributed by atoms with Crippen molar-refractivity contribution in [2.45, 2.75) is 63.9 Å². The summed E-state index contributed by atoms with van der Waals surface area (Å²) in [6, 6.07) is 7.95. The Hall–Kier alpha value is -0.570. The van der Waals surface area contributed by atoms with Crippen LogP contribution in [0.2, 0.25) is 5.02 Å². The molecule has 3 rings (SSSR count). The maximum absolute atomic E-state index is 11.9. The van der Waals surface area contributed by atoms with E-state index in [1.54, 1.807) is 0 Å². The van der Waals surface area contributed by atoms with Gasteiger partial charge in [0.15, 0.2) is 0 Å². The SMILES string of the molecule is C[C@H](CN1CCCCC1)[C@](O)(c1ccc(Cl)cc1)C1CCCCC1. The highest BCUT2D eigenvalue weighted by molar-refractivity contribution is 6.30. The van der Waals surface area contributed by atoms with Crippen molar-refractivity contribution in [1.82, 2.24) is 4.90 Å². The van der Waals surface area contributed by atoms with E-state index in [9.17, 15) is 5.11 Å². The first-order valence-corrected chi connectivity index (χ1v) is 10.2. The third-order valence-corrected chi connectivity index (χ3v) is 6.52. The van der Waals surface area contributed by atoms with Crippen LogP contribution in [0.25, 0.3) is 0 Å². The maximum atomic E-state index is 11.9. The molecule has 2 nitrogen and oxygen atoms in total. The van der Waals surface area contributed by atoms with Gasteiger partial charge in [-0.25, -0.2) is 0 Å². The first kappa shape index (κ1) is 18.2.